The zero-order valence-electron chi connectivity index (χ0n) is 16.4. The summed E-state index contributed by atoms with van der Waals surface area (Å²) < 4.78 is 13.1. The number of carbonyl (C=O) groups excluding carboxylic acids is 2. The number of ketones is 1. The molecule has 0 bridgehead atoms. The molecule has 0 radical (unpaired) electrons. The van der Waals surface area contributed by atoms with Gasteiger partial charge in [-0.15, -0.1) is 0 Å². The number of aromatic nitrogens is 1. The molecule has 4 rings (SSSR count). The van der Waals surface area contributed by atoms with Gasteiger partial charge in [0.15, 0.2) is 5.78 Å². The van der Waals surface area contributed by atoms with Crippen molar-refractivity contribution in [2.75, 3.05) is 13.1 Å². The maximum atomic E-state index is 13.3. The fraction of sp³-hybridized carbons (Fsp3) is 0.478. The number of nitrogens with zero attached hydrogens (tertiary/aromatic N) is 1. The molecule has 0 saturated carbocycles. The minimum Gasteiger partial charge on any atom is -0.361 e. The van der Waals surface area contributed by atoms with Gasteiger partial charge in [-0.05, 0) is 69.1 Å². The Morgan fingerprint density at radius 1 is 1.21 bits per heavy atom. The van der Waals surface area contributed by atoms with Crippen molar-refractivity contribution in [3.63, 3.8) is 0 Å². The fourth-order valence-corrected chi connectivity index (χ4v) is 4.67. The van der Waals surface area contributed by atoms with Crippen LogP contribution < -0.4 is 0 Å². The lowest BCUT2D eigenvalue weighted by Crippen LogP contribution is -2.40. The van der Waals surface area contributed by atoms with E-state index < -0.39 is 0 Å². The Balaban J connectivity index is 1.45. The van der Waals surface area contributed by atoms with E-state index in [9.17, 15) is 14.0 Å². The van der Waals surface area contributed by atoms with Crippen LogP contribution in [0.5, 0.6) is 0 Å². The van der Waals surface area contributed by atoms with Crippen molar-refractivity contribution < 1.29 is 14.0 Å². The Bertz CT molecular complexity index is 885. The monoisotopic (exact) mass is 382 g/mol. The number of nitrogens with one attached hydrogen (secondary N) is 1. The highest BCUT2D eigenvalue weighted by atomic mass is 19.1. The summed E-state index contributed by atoms with van der Waals surface area (Å²) in [5, 5.41) is 0. The van der Waals surface area contributed by atoms with Crippen LogP contribution in [0.1, 0.15) is 69.8 Å². The van der Waals surface area contributed by atoms with Crippen molar-refractivity contribution in [3.8, 4) is 0 Å². The molecule has 0 spiro atoms. The zero-order valence-corrected chi connectivity index (χ0v) is 16.4. The molecule has 2 aliphatic rings. The highest BCUT2D eigenvalue weighted by Crippen LogP contribution is 2.30. The van der Waals surface area contributed by atoms with Crippen LogP contribution in [0.4, 0.5) is 4.39 Å². The Hall–Kier alpha value is -2.43. The van der Waals surface area contributed by atoms with Crippen LogP contribution >= 0.6 is 0 Å². The van der Waals surface area contributed by atoms with Crippen molar-refractivity contribution >= 4 is 11.7 Å². The molecule has 5 heteroatoms. The highest BCUT2D eigenvalue weighted by molar-refractivity contribution is 6.10. The smallest absolute Gasteiger partial charge is 0.256 e. The first-order chi connectivity index (χ1) is 13.5. The standard InChI is InChI=1S/C23H27FN2O2/c1-15-21(22-19(25-15)5-2-6-20(22)27)23(28)26-13-3-4-17(14-26)8-7-16-9-11-18(24)12-10-16/h9-12,17,25H,2-8,13-14H2,1H3/t17-/m0/s1. The molecular formula is C23H27FN2O2. The molecule has 28 heavy (non-hydrogen) atoms. The van der Waals surface area contributed by atoms with E-state index >= 15 is 0 Å². The third-order valence-electron chi connectivity index (χ3n) is 6.15. The number of H-pyrrole nitrogens is 1. The van der Waals surface area contributed by atoms with Crippen molar-refractivity contribution in [2.45, 2.75) is 51.9 Å². The van der Waals surface area contributed by atoms with Gasteiger partial charge in [-0.1, -0.05) is 12.1 Å². The third kappa shape index (κ3) is 3.75. The van der Waals surface area contributed by atoms with Crippen molar-refractivity contribution in [3.05, 3.63) is 58.2 Å². The fourth-order valence-electron chi connectivity index (χ4n) is 4.67. The summed E-state index contributed by atoms with van der Waals surface area (Å²) in [6.45, 7) is 3.38. The summed E-state index contributed by atoms with van der Waals surface area (Å²) in [5.41, 5.74) is 4.12. The van der Waals surface area contributed by atoms with Gasteiger partial charge in [0.25, 0.3) is 5.91 Å². The number of rotatable bonds is 4. The third-order valence-corrected chi connectivity index (χ3v) is 6.15. The zero-order chi connectivity index (χ0) is 19.7. The molecule has 1 aromatic heterocycles. The van der Waals surface area contributed by atoms with Crippen LogP contribution in [0.25, 0.3) is 0 Å². The first-order valence-corrected chi connectivity index (χ1v) is 10.3. The molecule has 2 heterocycles. The van der Waals surface area contributed by atoms with Crippen LogP contribution in [0.15, 0.2) is 24.3 Å². The van der Waals surface area contributed by atoms with E-state index in [1.165, 1.54) is 12.1 Å². The number of hydrogen-bond acceptors (Lipinski definition) is 2. The predicted molar refractivity (Wildman–Crippen MR) is 106 cm³/mol. The average molecular weight is 382 g/mol. The number of carbonyl (C=O) groups is 2. The summed E-state index contributed by atoms with van der Waals surface area (Å²) in [7, 11) is 0. The molecule has 1 amide bonds. The molecule has 148 valence electrons. The second-order valence-electron chi connectivity index (χ2n) is 8.18. The molecule has 1 saturated heterocycles. The van der Waals surface area contributed by atoms with Gasteiger partial charge >= 0.3 is 0 Å². The molecule has 2 aromatic rings. The van der Waals surface area contributed by atoms with Gasteiger partial charge in [0.2, 0.25) is 0 Å². The predicted octanol–water partition coefficient (Wildman–Crippen LogP) is 4.47. The Morgan fingerprint density at radius 3 is 2.79 bits per heavy atom. The number of fused-ring (bicyclic) bond motifs is 1. The van der Waals surface area contributed by atoms with Gasteiger partial charge in [-0.2, -0.15) is 0 Å². The Kier molecular flexibility index (Phi) is 5.33. The van der Waals surface area contributed by atoms with E-state index in [4.69, 9.17) is 0 Å². The number of halogens is 1. The van der Waals surface area contributed by atoms with Crippen LogP contribution in [0.3, 0.4) is 0 Å². The molecule has 1 aliphatic heterocycles. The molecule has 0 unspecified atom stereocenters. The summed E-state index contributed by atoms with van der Waals surface area (Å²) in [4.78, 5) is 30.9. The summed E-state index contributed by atoms with van der Waals surface area (Å²) >= 11 is 0. The van der Waals surface area contributed by atoms with Gasteiger partial charge in [0, 0.05) is 30.9 Å². The SMILES string of the molecule is Cc1[nH]c2c(c1C(=O)N1CCC[C@@H](CCc3ccc(F)cc3)C1)C(=O)CCC2. The number of likely N-dealkylation sites (tertiary alicyclic amines) is 1. The van der Waals surface area contributed by atoms with Crippen molar-refractivity contribution in [1.29, 1.82) is 0 Å². The molecule has 4 nitrogen and oxygen atoms in total. The average Bonchev–Trinajstić information content (AvgIpc) is 3.04. The number of piperidine rings is 1. The number of hydrogen-bond donors (Lipinski definition) is 1. The van der Waals surface area contributed by atoms with Crippen molar-refractivity contribution in [2.24, 2.45) is 5.92 Å². The molecule has 1 atom stereocenters. The van der Waals surface area contributed by atoms with Crippen LogP contribution in [0.2, 0.25) is 0 Å². The number of benzene rings is 1. The molecule has 1 aliphatic carbocycles. The van der Waals surface area contributed by atoms with Gasteiger partial charge < -0.3 is 9.88 Å². The van der Waals surface area contributed by atoms with E-state index in [1.807, 2.05) is 24.0 Å². The normalized spacial score (nSPS) is 19.6. The van der Waals surface area contributed by atoms with Gasteiger partial charge in [0.1, 0.15) is 5.82 Å². The van der Waals surface area contributed by atoms with Crippen LogP contribution in [0, 0.1) is 18.7 Å². The lowest BCUT2D eigenvalue weighted by Gasteiger charge is -2.33. The number of aromatic amines is 1. The lowest BCUT2D eigenvalue weighted by atomic mass is 9.90. The number of Topliss-reactive ketones (excluding diaryl/α,β-unsaturated/α-hetero) is 1. The topological polar surface area (TPSA) is 53.2 Å². The maximum absolute atomic E-state index is 13.3. The summed E-state index contributed by atoms with van der Waals surface area (Å²) in [6.07, 6.45) is 6.20. The van der Waals surface area contributed by atoms with E-state index in [1.54, 1.807) is 0 Å². The van der Waals surface area contributed by atoms with Gasteiger partial charge in [0.05, 0.1) is 11.1 Å². The quantitative estimate of drug-likeness (QED) is 0.848. The minimum absolute atomic E-state index is 0.00303. The Labute approximate surface area is 165 Å². The molecule has 1 fully saturated rings. The summed E-state index contributed by atoms with van der Waals surface area (Å²) in [6, 6.07) is 6.67. The number of aryl methyl sites for hydroxylation is 3. The first kappa shape index (κ1) is 18.9. The first-order valence-electron chi connectivity index (χ1n) is 10.3. The molecule has 1 N–H and O–H groups in total. The highest BCUT2D eigenvalue weighted by Gasteiger charge is 2.32. The second kappa shape index (κ2) is 7.90. The van der Waals surface area contributed by atoms with E-state index in [0.717, 1.165) is 68.6 Å². The van der Waals surface area contributed by atoms with Crippen molar-refractivity contribution in [1.82, 2.24) is 9.88 Å². The van der Waals surface area contributed by atoms with E-state index in [2.05, 4.69) is 4.98 Å². The van der Waals surface area contributed by atoms with E-state index in [0.29, 0.717) is 23.5 Å². The Morgan fingerprint density at radius 2 is 2.00 bits per heavy atom. The van der Waals surface area contributed by atoms with E-state index in [-0.39, 0.29) is 17.5 Å². The molecular weight excluding hydrogens is 355 g/mol. The largest absolute Gasteiger partial charge is 0.361 e. The van der Waals surface area contributed by atoms with Gasteiger partial charge in [-0.3, -0.25) is 9.59 Å². The van der Waals surface area contributed by atoms with Gasteiger partial charge in [-0.25, -0.2) is 4.39 Å². The number of amides is 1. The minimum atomic E-state index is -0.210. The van der Waals surface area contributed by atoms with Crippen LogP contribution in [-0.4, -0.2) is 34.7 Å². The summed E-state index contributed by atoms with van der Waals surface area (Å²) in [5.74, 6) is 0.321. The molecule has 1 aromatic carbocycles. The maximum Gasteiger partial charge on any atom is 0.256 e. The lowest BCUT2D eigenvalue weighted by molar-refractivity contribution is 0.0663. The second-order valence-corrected chi connectivity index (χ2v) is 8.18. The van der Waals surface area contributed by atoms with Crippen LogP contribution in [-0.2, 0) is 12.8 Å².